The molecule has 2 heterocycles. The summed E-state index contributed by atoms with van der Waals surface area (Å²) in [6, 6.07) is 7.70. The molecule has 0 bridgehead atoms. The molecule has 6 nitrogen and oxygen atoms in total. The molecule has 1 aliphatic heterocycles. The Balaban J connectivity index is 1.58. The maximum atomic E-state index is 12.0. The van der Waals surface area contributed by atoms with Gasteiger partial charge in [0, 0.05) is 19.0 Å². The van der Waals surface area contributed by atoms with Crippen LogP contribution in [0, 0.1) is 6.92 Å². The van der Waals surface area contributed by atoms with E-state index in [-0.39, 0.29) is 18.5 Å². The molecular weight excluding hydrogens is 244 g/mol. The number of carbonyl (C=O) groups is 1. The first-order valence-electron chi connectivity index (χ1n) is 6.14. The van der Waals surface area contributed by atoms with Gasteiger partial charge in [-0.2, -0.15) is 4.98 Å². The van der Waals surface area contributed by atoms with Crippen molar-refractivity contribution in [1.29, 1.82) is 0 Å². The van der Waals surface area contributed by atoms with Gasteiger partial charge in [0.25, 0.3) is 0 Å². The van der Waals surface area contributed by atoms with E-state index in [0.717, 1.165) is 11.3 Å². The van der Waals surface area contributed by atoms with E-state index in [9.17, 15) is 4.79 Å². The molecule has 1 aliphatic rings. The minimum atomic E-state index is -0.231. The second-order valence-corrected chi connectivity index (χ2v) is 4.51. The highest BCUT2D eigenvalue weighted by atomic mass is 16.5. The van der Waals surface area contributed by atoms with Crippen molar-refractivity contribution >= 4 is 11.6 Å². The number of nitrogens with zero attached hydrogens (tertiary/aromatic N) is 2. The van der Waals surface area contributed by atoms with Crippen LogP contribution in [0.15, 0.2) is 28.8 Å². The number of aryl methyl sites for hydroxylation is 1. The molecule has 0 aliphatic carbocycles. The topological polar surface area (TPSA) is 80.0 Å². The number of hydrogen-bond donors (Lipinski definition) is 2. The number of anilines is 1. The van der Waals surface area contributed by atoms with Gasteiger partial charge >= 0.3 is 0 Å². The number of amides is 1. The molecule has 0 saturated heterocycles. The normalized spacial score (nSPS) is 16.8. The number of nitrogens with one attached hydrogen (secondary N) is 2. The molecule has 1 atom stereocenters. The number of carbonyl (C=O) groups excluding carboxylic acids is 1. The van der Waals surface area contributed by atoms with Crippen LogP contribution in [0.2, 0.25) is 0 Å². The lowest BCUT2D eigenvalue weighted by molar-refractivity contribution is -0.121. The van der Waals surface area contributed by atoms with Crippen molar-refractivity contribution in [3.05, 3.63) is 41.5 Å². The SMILES string of the molecule is Cc1nc(CNC(=O)C2Cc3ccccc3N2)no1. The molecule has 2 N–H and O–H groups in total. The predicted molar refractivity (Wildman–Crippen MR) is 68.4 cm³/mol. The molecule has 3 rings (SSSR count). The second-order valence-electron chi connectivity index (χ2n) is 4.51. The Hall–Kier alpha value is -2.37. The van der Waals surface area contributed by atoms with E-state index >= 15 is 0 Å². The van der Waals surface area contributed by atoms with Crippen molar-refractivity contribution in [2.45, 2.75) is 25.9 Å². The van der Waals surface area contributed by atoms with E-state index in [1.165, 1.54) is 0 Å². The molecule has 1 unspecified atom stereocenters. The molecule has 98 valence electrons. The highest BCUT2D eigenvalue weighted by Gasteiger charge is 2.26. The number of para-hydroxylation sites is 1. The fourth-order valence-electron chi connectivity index (χ4n) is 2.16. The third-order valence-electron chi connectivity index (χ3n) is 3.08. The fourth-order valence-corrected chi connectivity index (χ4v) is 2.16. The van der Waals surface area contributed by atoms with E-state index < -0.39 is 0 Å². The Morgan fingerprint density at radius 2 is 2.37 bits per heavy atom. The zero-order valence-corrected chi connectivity index (χ0v) is 10.5. The maximum Gasteiger partial charge on any atom is 0.243 e. The van der Waals surface area contributed by atoms with Gasteiger partial charge in [0.2, 0.25) is 11.8 Å². The summed E-state index contributed by atoms with van der Waals surface area (Å²) in [6.45, 7) is 2.00. The third-order valence-corrected chi connectivity index (χ3v) is 3.08. The van der Waals surface area contributed by atoms with Crippen molar-refractivity contribution in [2.24, 2.45) is 0 Å². The Morgan fingerprint density at radius 3 is 3.11 bits per heavy atom. The van der Waals surface area contributed by atoms with E-state index in [0.29, 0.717) is 18.1 Å². The smallest absolute Gasteiger partial charge is 0.243 e. The molecule has 1 aromatic carbocycles. The van der Waals surface area contributed by atoms with Crippen LogP contribution >= 0.6 is 0 Å². The summed E-state index contributed by atoms with van der Waals surface area (Å²) in [4.78, 5) is 16.1. The van der Waals surface area contributed by atoms with E-state index in [1.54, 1.807) is 6.92 Å². The predicted octanol–water partition coefficient (Wildman–Crippen LogP) is 1.03. The summed E-state index contributed by atoms with van der Waals surface area (Å²) in [5.74, 6) is 0.927. The quantitative estimate of drug-likeness (QED) is 0.859. The minimum Gasteiger partial charge on any atom is -0.373 e. The zero-order chi connectivity index (χ0) is 13.2. The number of aromatic nitrogens is 2. The Kier molecular flexibility index (Phi) is 2.91. The first-order chi connectivity index (χ1) is 9.22. The van der Waals surface area contributed by atoms with Crippen LogP contribution in [0.5, 0.6) is 0 Å². The molecule has 19 heavy (non-hydrogen) atoms. The molecule has 2 aromatic rings. The van der Waals surface area contributed by atoms with Crippen molar-refractivity contribution in [1.82, 2.24) is 15.5 Å². The number of benzene rings is 1. The van der Waals surface area contributed by atoms with Gasteiger partial charge in [0.1, 0.15) is 6.04 Å². The molecule has 1 aromatic heterocycles. The van der Waals surface area contributed by atoms with Gasteiger partial charge in [-0.15, -0.1) is 0 Å². The molecule has 6 heteroatoms. The molecule has 0 fully saturated rings. The largest absolute Gasteiger partial charge is 0.373 e. The number of fused-ring (bicyclic) bond motifs is 1. The molecule has 0 radical (unpaired) electrons. The Labute approximate surface area is 110 Å². The van der Waals surface area contributed by atoms with Gasteiger partial charge in [-0.1, -0.05) is 23.4 Å². The summed E-state index contributed by atoms with van der Waals surface area (Å²) in [7, 11) is 0. The highest BCUT2D eigenvalue weighted by molar-refractivity contribution is 5.87. The van der Waals surface area contributed by atoms with Crippen molar-refractivity contribution in [3.8, 4) is 0 Å². The summed E-state index contributed by atoms with van der Waals surface area (Å²) < 4.78 is 4.84. The lowest BCUT2D eigenvalue weighted by atomic mass is 10.1. The lowest BCUT2D eigenvalue weighted by Crippen LogP contribution is -2.38. The van der Waals surface area contributed by atoms with Crippen LogP contribution in [0.25, 0.3) is 0 Å². The van der Waals surface area contributed by atoms with Gasteiger partial charge in [-0.25, -0.2) is 0 Å². The van der Waals surface area contributed by atoms with E-state index in [1.807, 2.05) is 24.3 Å². The average Bonchev–Trinajstić information content (AvgIpc) is 3.01. The van der Waals surface area contributed by atoms with Gasteiger partial charge in [-0.05, 0) is 11.6 Å². The first kappa shape index (κ1) is 11.7. The van der Waals surface area contributed by atoms with Crippen LogP contribution in [0.3, 0.4) is 0 Å². The highest BCUT2D eigenvalue weighted by Crippen LogP contribution is 2.24. The average molecular weight is 258 g/mol. The lowest BCUT2D eigenvalue weighted by Gasteiger charge is -2.10. The number of rotatable bonds is 3. The standard InChI is InChI=1S/C13H14N4O2/c1-8-15-12(17-19-8)7-14-13(18)11-6-9-4-2-3-5-10(9)16-11/h2-5,11,16H,6-7H2,1H3,(H,14,18). The molecule has 0 spiro atoms. The van der Waals surface area contributed by atoms with Gasteiger partial charge in [-0.3, -0.25) is 4.79 Å². The van der Waals surface area contributed by atoms with Crippen LogP contribution in [0.4, 0.5) is 5.69 Å². The summed E-state index contributed by atoms with van der Waals surface area (Å²) in [5.41, 5.74) is 2.19. The van der Waals surface area contributed by atoms with Crippen LogP contribution in [-0.4, -0.2) is 22.1 Å². The minimum absolute atomic E-state index is 0.0568. The van der Waals surface area contributed by atoms with Crippen molar-refractivity contribution in [3.63, 3.8) is 0 Å². The molecule has 1 amide bonds. The summed E-state index contributed by atoms with van der Waals surface area (Å²) in [6.07, 6.45) is 0.702. The third kappa shape index (κ3) is 2.42. The Morgan fingerprint density at radius 1 is 1.53 bits per heavy atom. The fraction of sp³-hybridized carbons (Fsp3) is 0.308. The van der Waals surface area contributed by atoms with Crippen LogP contribution < -0.4 is 10.6 Å². The summed E-state index contributed by atoms with van der Waals surface area (Å²) in [5, 5.41) is 9.73. The van der Waals surface area contributed by atoms with Gasteiger partial charge < -0.3 is 15.2 Å². The van der Waals surface area contributed by atoms with Gasteiger partial charge in [0.15, 0.2) is 5.82 Å². The van der Waals surface area contributed by atoms with E-state index in [4.69, 9.17) is 4.52 Å². The van der Waals surface area contributed by atoms with Crippen LogP contribution in [0.1, 0.15) is 17.3 Å². The molecular formula is C13H14N4O2. The Bertz CT molecular complexity index is 583. The monoisotopic (exact) mass is 258 g/mol. The first-order valence-corrected chi connectivity index (χ1v) is 6.14. The second kappa shape index (κ2) is 4.72. The van der Waals surface area contributed by atoms with Crippen LogP contribution in [-0.2, 0) is 17.8 Å². The maximum absolute atomic E-state index is 12.0. The van der Waals surface area contributed by atoms with E-state index in [2.05, 4.69) is 20.8 Å². The zero-order valence-electron chi connectivity index (χ0n) is 10.5. The number of hydrogen-bond acceptors (Lipinski definition) is 5. The van der Waals surface area contributed by atoms with Crippen molar-refractivity contribution < 1.29 is 9.32 Å². The summed E-state index contributed by atoms with van der Waals surface area (Å²) >= 11 is 0. The molecule has 0 saturated carbocycles. The van der Waals surface area contributed by atoms with Crippen molar-refractivity contribution in [2.75, 3.05) is 5.32 Å². The van der Waals surface area contributed by atoms with Gasteiger partial charge in [0.05, 0.1) is 6.54 Å².